The standard InChI is InChI=1S/C67H90ClN9O17/c1-43-16-14-21-52(87-9)67(85)40-54(93-64(84)72-67)66(4)42-65(3,94-66)53(39-59(82)76(7)50-37-45(36-43)38-51(86-8)60(50)68)92-63(83)44(2)75(6)57(80)23-15-22-56(79)74(5)27-29-89-31-33-91-35-34-90-32-30-88-28-25-55(78)71-26-24-58(81)77-41-46-17-10-11-18-47(46)62(73-70)61(69)48-19-12-13-20-49(48)77/h10-14,16-21,37-38,44,52-54,69,85H,15,22-36,39-42,70H2,1-9H3,(H,71,78)(H,72,84)/b21-14+,43-16-,69-61?,73-62?/t44-,52+,53-,54-,65+,66?,67-/m0/s1. The summed E-state index contributed by atoms with van der Waals surface area (Å²) in [6.07, 6.45) is 1.36. The molecule has 2 saturated heterocycles. The van der Waals surface area contributed by atoms with Crippen LogP contribution in [-0.4, -0.2) is 211 Å². The minimum absolute atomic E-state index is 0.0436. The third kappa shape index (κ3) is 19.0. The Hall–Kier alpha value is -7.82. The number of fused-ring (bicyclic) bond motifs is 8. The number of nitrogens with two attached hydrogens (primary N) is 1. The highest BCUT2D eigenvalue weighted by atomic mass is 35.5. The van der Waals surface area contributed by atoms with Crippen molar-refractivity contribution in [1.82, 2.24) is 20.4 Å². The van der Waals surface area contributed by atoms with Crippen LogP contribution >= 0.6 is 11.6 Å². The molecule has 5 aliphatic heterocycles. The molecule has 5 aliphatic rings. The molecule has 94 heavy (non-hydrogen) atoms. The molecular formula is C67H90ClN9O17. The zero-order chi connectivity index (χ0) is 68.3. The van der Waals surface area contributed by atoms with Gasteiger partial charge in [0.05, 0.1) is 90.0 Å². The average Bonchev–Trinajstić information content (AvgIpc) is 0.738. The number of esters is 1. The third-order valence-corrected chi connectivity index (χ3v) is 17.6. The SMILES string of the molecule is COc1cc2cc(c1Cl)N(C)C(=O)C[C@H](OC(=O)[C@H](C)N(C)C(=O)CCCC(=O)N(C)CCOCCOCCOCCOCCC(=O)NCCC(=O)N1Cc3ccccc3C(=NN)C(=N)c3ccccc31)[C@@]1(C)CC(C)(O1)[C@@H]1C[C@@](O)(NC(=O)O1)[C@H](OC)/C=C/C=C(/C)C2. The minimum atomic E-state index is -1.91. The van der Waals surface area contributed by atoms with E-state index in [-0.39, 0.29) is 113 Å². The van der Waals surface area contributed by atoms with Gasteiger partial charge < -0.3 is 78.5 Å². The first-order valence-electron chi connectivity index (χ1n) is 31.4. The van der Waals surface area contributed by atoms with Crippen LogP contribution in [0.15, 0.2) is 89.6 Å². The number of rotatable bonds is 27. The van der Waals surface area contributed by atoms with E-state index in [2.05, 4.69) is 15.7 Å². The van der Waals surface area contributed by atoms with Gasteiger partial charge in [0, 0.05) is 91.0 Å². The topological polar surface area (TPSA) is 322 Å². The van der Waals surface area contributed by atoms with Gasteiger partial charge in [-0.05, 0) is 69.9 Å². The van der Waals surface area contributed by atoms with Gasteiger partial charge in [0.25, 0.3) is 0 Å². The molecule has 0 aliphatic carbocycles. The highest BCUT2D eigenvalue weighted by Crippen LogP contribution is 2.51. The summed E-state index contributed by atoms with van der Waals surface area (Å²) in [5.74, 6) is 3.65. The smallest absolute Gasteiger partial charge is 0.409 e. The number of methoxy groups -OCH3 is 2. The summed E-state index contributed by atoms with van der Waals surface area (Å²) >= 11 is 6.83. The van der Waals surface area contributed by atoms with Crippen LogP contribution < -0.4 is 31.0 Å². The minimum Gasteiger partial charge on any atom is -0.495 e. The number of amides is 6. The van der Waals surface area contributed by atoms with Crippen molar-refractivity contribution >= 4 is 76.0 Å². The fourth-order valence-electron chi connectivity index (χ4n) is 11.7. The molecule has 6 bridgehead atoms. The molecule has 1 unspecified atom stereocenters. The van der Waals surface area contributed by atoms with Gasteiger partial charge in [0.15, 0.2) is 5.72 Å². The maximum absolute atomic E-state index is 14.4. The van der Waals surface area contributed by atoms with E-state index in [9.17, 15) is 38.7 Å². The predicted octanol–water partition coefficient (Wildman–Crippen LogP) is 5.53. The lowest BCUT2D eigenvalue weighted by atomic mass is 9.72. The molecule has 8 rings (SSSR count). The Morgan fingerprint density at radius 2 is 1.52 bits per heavy atom. The lowest BCUT2D eigenvalue weighted by Gasteiger charge is -2.59. The molecule has 0 radical (unpaired) electrons. The van der Waals surface area contributed by atoms with Crippen molar-refractivity contribution < 1.29 is 81.3 Å². The van der Waals surface area contributed by atoms with Gasteiger partial charge in [-0.25, -0.2) is 9.59 Å². The molecule has 0 aromatic heterocycles. The molecule has 0 spiro atoms. The number of hydrazone groups is 1. The first-order chi connectivity index (χ1) is 44.8. The highest BCUT2D eigenvalue weighted by Gasteiger charge is 2.63. The Labute approximate surface area is 553 Å². The summed E-state index contributed by atoms with van der Waals surface area (Å²) in [5, 5.41) is 30.1. The number of hydrogen-bond acceptors (Lipinski definition) is 20. The number of halogens is 1. The van der Waals surface area contributed by atoms with Crippen molar-refractivity contribution in [2.45, 2.75) is 133 Å². The Balaban J connectivity index is 0.769. The molecule has 3 aromatic carbocycles. The number of carbonyl (C=O) groups is 7. The predicted molar refractivity (Wildman–Crippen MR) is 350 cm³/mol. The molecule has 27 heteroatoms. The molecule has 2 fully saturated rings. The lowest BCUT2D eigenvalue weighted by molar-refractivity contribution is -0.328. The number of nitrogens with one attached hydrogen (secondary N) is 3. The Morgan fingerprint density at radius 3 is 2.19 bits per heavy atom. The maximum atomic E-state index is 14.4. The number of hydrogen-bond donors (Lipinski definition) is 5. The summed E-state index contributed by atoms with van der Waals surface area (Å²) in [5.41, 5.74) is 0.532. The van der Waals surface area contributed by atoms with Crippen LogP contribution in [0.25, 0.3) is 0 Å². The van der Waals surface area contributed by atoms with Gasteiger partial charge >= 0.3 is 12.1 Å². The number of nitrogens with zero attached hydrogens (tertiary/aromatic N) is 5. The normalized spacial score (nSPS) is 23.7. The molecular weight excluding hydrogens is 1240 g/mol. The fourth-order valence-corrected chi connectivity index (χ4v) is 12.1. The van der Waals surface area contributed by atoms with Crippen LogP contribution in [0.2, 0.25) is 5.02 Å². The van der Waals surface area contributed by atoms with Crippen LogP contribution in [0, 0.1) is 5.41 Å². The number of alkyl carbamates (subject to hydrolysis) is 1. The van der Waals surface area contributed by atoms with Crippen molar-refractivity contribution in [2.24, 2.45) is 10.9 Å². The van der Waals surface area contributed by atoms with Crippen molar-refractivity contribution in [3.8, 4) is 5.75 Å². The van der Waals surface area contributed by atoms with Crippen molar-refractivity contribution in [2.75, 3.05) is 111 Å². The molecule has 7 atom stereocenters. The van der Waals surface area contributed by atoms with Gasteiger partial charge in [0.1, 0.15) is 52.0 Å². The van der Waals surface area contributed by atoms with E-state index in [1.54, 1.807) is 81.4 Å². The molecule has 3 aromatic rings. The monoisotopic (exact) mass is 1330 g/mol. The number of carbonyl (C=O) groups excluding carboxylic acids is 7. The van der Waals surface area contributed by atoms with E-state index in [0.29, 0.717) is 73.4 Å². The van der Waals surface area contributed by atoms with E-state index in [4.69, 9.17) is 65.5 Å². The van der Waals surface area contributed by atoms with E-state index in [0.717, 1.165) is 16.7 Å². The number of allylic oxidation sites excluding steroid dienone is 3. The van der Waals surface area contributed by atoms with Crippen LogP contribution in [0.4, 0.5) is 16.2 Å². The number of para-hydroxylation sites is 1. The quantitative estimate of drug-likeness (QED) is 0.0271. The molecule has 26 nitrogen and oxygen atoms in total. The van der Waals surface area contributed by atoms with E-state index >= 15 is 0 Å². The summed E-state index contributed by atoms with van der Waals surface area (Å²) in [6.45, 7) is 9.63. The largest absolute Gasteiger partial charge is 0.495 e. The highest BCUT2D eigenvalue weighted by molar-refractivity contribution is 6.53. The second-order valence-corrected chi connectivity index (χ2v) is 24.5. The molecule has 6 amide bonds. The number of anilines is 2. The molecule has 5 heterocycles. The zero-order valence-corrected chi connectivity index (χ0v) is 55.9. The molecule has 512 valence electrons. The summed E-state index contributed by atoms with van der Waals surface area (Å²) < 4.78 is 52.1. The molecule has 0 saturated carbocycles. The van der Waals surface area contributed by atoms with Gasteiger partial charge in [-0.1, -0.05) is 77.9 Å². The second-order valence-electron chi connectivity index (χ2n) is 24.2. The average molecular weight is 1330 g/mol. The van der Waals surface area contributed by atoms with Crippen LogP contribution in [0.3, 0.4) is 0 Å². The fraction of sp³-hybridized carbons (Fsp3) is 0.537. The van der Waals surface area contributed by atoms with Gasteiger partial charge in [-0.15, -0.1) is 0 Å². The number of benzene rings is 3. The van der Waals surface area contributed by atoms with Gasteiger partial charge in [0.2, 0.25) is 29.5 Å². The van der Waals surface area contributed by atoms with Crippen LogP contribution in [0.1, 0.15) is 101 Å². The Bertz CT molecular complexity index is 3300. The summed E-state index contributed by atoms with van der Waals surface area (Å²) in [4.78, 5) is 100.0. The molecule has 6 N–H and O–H groups in total. The van der Waals surface area contributed by atoms with Gasteiger partial charge in [-0.3, -0.25) is 34.7 Å². The van der Waals surface area contributed by atoms with E-state index in [1.807, 2.05) is 37.3 Å². The Kier molecular flexibility index (Phi) is 26.6. The van der Waals surface area contributed by atoms with Gasteiger partial charge in [-0.2, -0.15) is 5.10 Å². The lowest BCUT2D eigenvalue weighted by Crippen LogP contribution is -2.72. The summed E-state index contributed by atoms with van der Waals surface area (Å²) in [7, 11) is 7.52. The number of aliphatic hydroxyl groups is 1. The third-order valence-electron chi connectivity index (χ3n) is 17.2. The van der Waals surface area contributed by atoms with E-state index in [1.165, 1.54) is 42.9 Å². The maximum Gasteiger partial charge on any atom is 0.409 e. The van der Waals surface area contributed by atoms with Crippen molar-refractivity contribution in [3.63, 3.8) is 0 Å². The first-order valence-corrected chi connectivity index (χ1v) is 31.8. The number of ether oxygens (including phenoxy) is 9. The first kappa shape index (κ1) is 73.6. The van der Waals surface area contributed by atoms with E-state index < -0.39 is 71.6 Å². The van der Waals surface area contributed by atoms with Crippen molar-refractivity contribution in [3.05, 3.63) is 112 Å². The van der Waals surface area contributed by atoms with Crippen LogP contribution in [0.5, 0.6) is 5.75 Å². The Morgan fingerprint density at radius 1 is 0.883 bits per heavy atom. The number of likely N-dealkylation sites (N-methyl/N-ethyl adjacent to an activating group) is 2. The second kappa shape index (κ2) is 34.0. The van der Waals surface area contributed by atoms with Crippen molar-refractivity contribution in [1.29, 1.82) is 5.41 Å². The summed E-state index contributed by atoms with van der Waals surface area (Å²) in [6, 6.07) is 16.9. The zero-order valence-electron chi connectivity index (χ0n) is 55.1. The van der Waals surface area contributed by atoms with Crippen LogP contribution in [-0.2, 0) is 79.6 Å².